The average molecular weight is 242 g/mol. The van der Waals surface area contributed by atoms with E-state index in [9.17, 15) is 0 Å². The van der Waals surface area contributed by atoms with Crippen LogP contribution in [0.1, 0.15) is 12.0 Å². The lowest BCUT2D eigenvalue weighted by Crippen LogP contribution is -2.40. The molecule has 0 fully saturated rings. The Morgan fingerprint density at radius 2 is 2.05 bits per heavy atom. The molecule has 0 N–H and O–H groups in total. The van der Waals surface area contributed by atoms with Crippen molar-refractivity contribution >= 4 is 11.6 Å². The van der Waals surface area contributed by atoms with Gasteiger partial charge in [-0.05, 0) is 45.6 Å². The molecule has 1 aromatic carbocycles. The Bertz CT molecular complexity index is 854. The van der Waals surface area contributed by atoms with Crippen molar-refractivity contribution in [1.29, 1.82) is 0 Å². The third-order valence-electron chi connectivity index (χ3n) is 4.80. The van der Waals surface area contributed by atoms with Gasteiger partial charge in [-0.2, -0.15) is 0 Å². The second kappa shape index (κ2) is 3.27. The molecule has 0 saturated heterocycles. The minimum Gasteiger partial charge on any atom is -0.0722 e. The van der Waals surface area contributed by atoms with E-state index in [0.29, 0.717) is 5.92 Å². The van der Waals surface area contributed by atoms with Crippen molar-refractivity contribution in [3.63, 3.8) is 0 Å². The maximum absolute atomic E-state index is 2.39. The number of benzene rings is 1. The molecule has 19 heavy (non-hydrogen) atoms. The summed E-state index contributed by atoms with van der Waals surface area (Å²) in [6, 6.07) is 6.78. The number of hydrogen-bond donors (Lipinski definition) is 0. The molecule has 90 valence electrons. The normalized spacial score (nSPS) is 24.9. The fraction of sp³-hybridized carbons (Fsp3) is 0.158. The molecular weight excluding hydrogens is 228 g/mol. The highest BCUT2D eigenvalue weighted by Gasteiger charge is 2.33. The van der Waals surface area contributed by atoms with Crippen LogP contribution in [0, 0.1) is 5.92 Å². The first kappa shape index (κ1) is 9.80. The minimum absolute atomic E-state index is 0.535. The molecule has 0 heterocycles. The SMILES string of the molecule is C1=CC2=CC=C3CC=c4cccc5c4=C3C2C(=C1)C5. The molecule has 0 saturated carbocycles. The van der Waals surface area contributed by atoms with Gasteiger partial charge in [-0.25, -0.2) is 0 Å². The third kappa shape index (κ3) is 1.14. The summed E-state index contributed by atoms with van der Waals surface area (Å²) in [6.45, 7) is 0. The molecule has 0 heteroatoms. The van der Waals surface area contributed by atoms with Crippen LogP contribution in [0.4, 0.5) is 0 Å². The van der Waals surface area contributed by atoms with Gasteiger partial charge in [0.15, 0.2) is 0 Å². The predicted octanol–water partition coefficient (Wildman–Crippen LogP) is 2.56. The highest BCUT2D eigenvalue weighted by atomic mass is 14.4. The highest BCUT2D eigenvalue weighted by Crippen LogP contribution is 2.43. The third-order valence-corrected chi connectivity index (χ3v) is 4.80. The summed E-state index contributed by atoms with van der Waals surface area (Å²) in [7, 11) is 0. The fourth-order valence-electron chi connectivity index (χ4n) is 4.01. The summed E-state index contributed by atoms with van der Waals surface area (Å²) in [5.41, 5.74) is 7.66. The Hall–Kier alpha value is -2.08. The first-order valence-electron chi connectivity index (χ1n) is 7.02. The molecule has 0 nitrogen and oxygen atoms in total. The quantitative estimate of drug-likeness (QED) is 0.656. The van der Waals surface area contributed by atoms with Crippen LogP contribution in [-0.4, -0.2) is 0 Å². The van der Waals surface area contributed by atoms with E-state index in [1.165, 1.54) is 27.1 Å². The van der Waals surface area contributed by atoms with Crippen molar-refractivity contribution in [2.24, 2.45) is 5.92 Å². The summed E-state index contributed by atoms with van der Waals surface area (Å²) in [5.74, 6) is 0.535. The van der Waals surface area contributed by atoms with Crippen molar-refractivity contribution in [3.8, 4) is 0 Å². The second-order valence-corrected chi connectivity index (χ2v) is 5.77. The molecule has 0 aromatic heterocycles. The van der Waals surface area contributed by atoms with E-state index in [2.05, 4.69) is 54.7 Å². The monoisotopic (exact) mass is 242 g/mol. The Labute approximate surface area is 112 Å². The molecule has 0 bridgehead atoms. The van der Waals surface area contributed by atoms with Crippen LogP contribution in [0.3, 0.4) is 0 Å². The zero-order valence-corrected chi connectivity index (χ0v) is 10.7. The van der Waals surface area contributed by atoms with Crippen LogP contribution in [0.5, 0.6) is 0 Å². The summed E-state index contributed by atoms with van der Waals surface area (Å²) < 4.78 is 0. The van der Waals surface area contributed by atoms with E-state index in [1.807, 2.05) is 0 Å². The topological polar surface area (TPSA) is 0 Å². The highest BCUT2D eigenvalue weighted by molar-refractivity contribution is 5.81. The van der Waals surface area contributed by atoms with Crippen LogP contribution in [-0.2, 0) is 6.42 Å². The van der Waals surface area contributed by atoms with E-state index in [-0.39, 0.29) is 0 Å². The molecule has 0 radical (unpaired) electrons. The van der Waals surface area contributed by atoms with Gasteiger partial charge in [0.25, 0.3) is 0 Å². The van der Waals surface area contributed by atoms with Gasteiger partial charge in [0.2, 0.25) is 0 Å². The number of allylic oxidation sites excluding steroid dienone is 8. The van der Waals surface area contributed by atoms with Crippen LogP contribution < -0.4 is 10.4 Å². The van der Waals surface area contributed by atoms with Crippen molar-refractivity contribution in [2.45, 2.75) is 12.8 Å². The van der Waals surface area contributed by atoms with Gasteiger partial charge in [-0.15, -0.1) is 0 Å². The summed E-state index contributed by atoms with van der Waals surface area (Å²) in [6.07, 6.45) is 16.0. The standard InChI is InChI=1S/C19H14/c1-3-12-7-9-14-10-8-13-4-2-6-16-11-15(5-1)17(12)19(14)18(13)16/h1-9,17H,10-11H2. The Kier molecular flexibility index (Phi) is 1.69. The van der Waals surface area contributed by atoms with Crippen molar-refractivity contribution in [1.82, 2.24) is 0 Å². The zero-order valence-electron chi connectivity index (χ0n) is 10.7. The smallest absolute Gasteiger partial charge is 0.0314 e. The van der Waals surface area contributed by atoms with Gasteiger partial charge < -0.3 is 0 Å². The largest absolute Gasteiger partial charge is 0.0722 e. The molecular formula is C19H14. The zero-order chi connectivity index (χ0) is 12.4. The Morgan fingerprint density at radius 3 is 3.05 bits per heavy atom. The first-order chi connectivity index (χ1) is 9.42. The van der Waals surface area contributed by atoms with E-state index >= 15 is 0 Å². The Morgan fingerprint density at radius 1 is 1.05 bits per heavy atom. The molecule has 1 unspecified atom stereocenters. The van der Waals surface area contributed by atoms with Crippen LogP contribution in [0.15, 0.2) is 65.3 Å². The molecule has 5 rings (SSSR count). The summed E-state index contributed by atoms with van der Waals surface area (Å²) in [5, 5.41) is 2.97. The second-order valence-electron chi connectivity index (χ2n) is 5.77. The number of rotatable bonds is 0. The van der Waals surface area contributed by atoms with Crippen molar-refractivity contribution in [2.75, 3.05) is 0 Å². The van der Waals surface area contributed by atoms with Gasteiger partial charge in [-0.3, -0.25) is 0 Å². The van der Waals surface area contributed by atoms with E-state index in [4.69, 9.17) is 0 Å². The molecule has 1 atom stereocenters. The van der Waals surface area contributed by atoms with E-state index in [1.54, 1.807) is 11.1 Å². The minimum atomic E-state index is 0.535. The average Bonchev–Trinajstić information content (AvgIpc) is 2.47. The molecule has 4 aliphatic rings. The van der Waals surface area contributed by atoms with Gasteiger partial charge in [-0.1, -0.05) is 60.2 Å². The van der Waals surface area contributed by atoms with Crippen LogP contribution in [0.2, 0.25) is 0 Å². The summed E-state index contributed by atoms with van der Waals surface area (Å²) in [4.78, 5) is 0. The maximum Gasteiger partial charge on any atom is 0.0314 e. The van der Waals surface area contributed by atoms with Gasteiger partial charge in [0.1, 0.15) is 0 Å². The Balaban J connectivity index is 2.02. The molecule has 0 spiro atoms. The molecule has 0 aliphatic heterocycles. The summed E-state index contributed by atoms with van der Waals surface area (Å²) >= 11 is 0. The first-order valence-corrected chi connectivity index (χ1v) is 7.02. The maximum atomic E-state index is 2.39. The van der Waals surface area contributed by atoms with E-state index < -0.39 is 0 Å². The van der Waals surface area contributed by atoms with Crippen LogP contribution >= 0.6 is 0 Å². The molecule has 0 amide bonds. The van der Waals surface area contributed by atoms with Crippen molar-refractivity contribution in [3.05, 3.63) is 81.3 Å². The lowest BCUT2D eigenvalue weighted by Gasteiger charge is -2.36. The van der Waals surface area contributed by atoms with Gasteiger partial charge in [0.05, 0.1) is 0 Å². The lowest BCUT2D eigenvalue weighted by atomic mass is 9.68. The van der Waals surface area contributed by atoms with E-state index in [0.717, 1.165) is 12.8 Å². The fourth-order valence-corrected chi connectivity index (χ4v) is 4.01. The van der Waals surface area contributed by atoms with Crippen molar-refractivity contribution < 1.29 is 0 Å². The van der Waals surface area contributed by atoms with Gasteiger partial charge in [0, 0.05) is 5.92 Å². The number of hydrogen-bond acceptors (Lipinski definition) is 0. The molecule has 4 aliphatic carbocycles. The molecule has 1 aromatic rings. The van der Waals surface area contributed by atoms with Crippen LogP contribution in [0.25, 0.3) is 11.6 Å². The lowest BCUT2D eigenvalue weighted by molar-refractivity contribution is 0.826. The van der Waals surface area contributed by atoms with Gasteiger partial charge >= 0.3 is 0 Å². The predicted molar refractivity (Wildman–Crippen MR) is 78.8 cm³/mol.